The Balaban J connectivity index is 1.76. The van der Waals surface area contributed by atoms with Crippen LogP contribution in [0.4, 0.5) is 0 Å². The molecule has 0 radical (unpaired) electrons. The van der Waals surface area contributed by atoms with Crippen LogP contribution < -0.4 is 11.0 Å². The number of carbonyl (C=O) groups is 1. The fourth-order valence-corrected chi connectivity index (χ4v) is 3.59. The fraction of sp³-hybridized carbons (Fsp3) is 0.556. The third kappa shape index (κ3) is 3.11. The van der Waals surface area contributed by atoms with Crippen molar-refractivity contribution in [1.29, 1.82) is 0 Å². The predicted octanol–water partition coefficient (Wildman–Crippen LogP) is 1.33. The molecule has 3 rings (SSSR count). The third-order valence-corrected chi connectivity index (χ3v) is 4.86. The number of carbonyl (C=O) groups excluding carboxylic acids is 1. The summed E-state index contributed by atoms with van der Waals surface area (Å²) in [5.74, 6) is 0.144. The maximum Gasteiger partial charge on any atom is 0.328 e. The Morgan fingerprint density at radius 3 is 2.75 bits per heavy atom. The molecule has 2 heterocycles. The van der Waals surface area contributed by atoms with Gasteiger partial charge in [0.2, 0.25) is 5.91 Å². The molecule has 0 bridgehead atoms. The number of aryl methyl sites for hydroxylation is 2. The molecule has 1 fully saturated rings. The van der Waals surface area contributed by atoms with Gasteiger partial charge in [0, 0.05) is 39.1 Å². The molecule has 1 atom stereocenters. The van der Waals surface area contributed by atoms with Gasteiger partial charge in [-0.3, -0.25) is 13.9 Å². The minimum Gasteiger partial charge on any atom is -0.338 e. The second-order valence-corrected chi connectivity index (χ2v) is 6.47. The van der Waals surface area contributed by atoms with Crippen molar-refractivity contribution in [1.82, 2.24) is 19.4 Å². The van der Waals surface area contributed by atoms with Crippen LogP contribution in [-0.2, 0) is 18.4 Å². The Labute approximate surface area is 142 Å². The number of fused-ring (bicyclic) bond motifs is 1. The van der Waals surface area contributed by atoms with Gasteiger partial charge in [-0.2, -0.15) is 0 Å². The van der Waals surface area contributed by atoms with E-state index in [2.05, 4.69) is 12.2 Å². The molecule has 6 nitrogen and oxygen atoms in total. The van der Waals surface area contributed by atoms with E-state index >= 15 is 0 Å². The topological polar surface area (TPSA) is 59.3 Å². The lowest BCUT2D eigenvalue weighted by molar-refractivity contribution is -0.133. The zero-order chi connectivity index (χ0) is 17.1. The third-order valence-electron chi connectivity index (χ3n) is 4.86. The van der Waals surface area contributed by atoms with E-state index in [4.69, 9.17) is 0 Å². The van der Waals surface area contributed by atoms with Crippen LogP contribution in [0, 0.1) is 0 Å². The predicted molar refractivity (Wildman–Crippen MR) is 95.1 cm³/mol. The minimum atomic E-state index is -0.0615. The molecule has 24 heavy (non-hydrogen) atoms. The molecule has 1 aliphatic rings. The average Bonchev–Trinajstić information content (AvgIpc) is 3.20. The molecule has 1 unspecified atom stereocenters. The molecule has 130 valence electrons. The van der Waals surface area contributed by atoms with Gasteiger partial charge in [-0.15, -0.1) is 0 Å². The molecule has 1 aromatic heterocycles. The number of amides is 1. The fourth-order valence-electron chi connectivity index (χ4n) is 3.59. The van der Waals surface area contributed by atoms with Gasteiger partial charge in [0.15, 0.2) is 0 Å². The number of benzene rings is 1. The van der Waals surface area contributed by atoms with E-state index in [0.29, 0.717) is 19.0 Å². The summed E-state index contributed by atoms with van der Waals surface area (Å²) in [5.41, 5.74) is 1.73. The van der Waals surface area contributed by atoms with Crippen LogP contribution in [0.1, 0.15) is 26.2 Å². The Bertz CT molecular complexity index is 771. The number of hydrogen-bond donors (Lipinski definition) is 1. The van der Waals surface area contributed by atoms with E-state index in [1.165, 1.54) is 0 Å². The summed E-state index contributed by atoms with van der Waals surface area (Å²) in [6.45, 7) is 5.16. The van der Waals surface area contributed by atoms with Gasteiger partial charge in [-0.25, -0.2) is 4.79 Å². The lowest BCUT2D eigenvalue weighted by atomic mass is 10.2. The number of nitrogens with one attached hydrogen (secondary N) is 1. The molecule has 2 aromatic rings. The van der Waals surface area contributed by atoms with E-state index in [0.717, 1.165) is 43.5 Å². The van der Waals surface area contributed by atoms with Crippen LogP contribution in [0.3, 0.4) is 0 Å². The van der Waals surface area contributed by atoms with Crippen molar-refractivity contribution in [3.63, 3.8) is 0 Å². The smallest absolute Gasteiger partial charge is 0.328 e. The van der Waals surface area contributed by atoms with Crippen molar-refractivity contribution in [2.75, 3.05) is 19.6 Å². The number of para-hydroxylation sites is 2. The Hall–Kier alpha value is -2.08. The summed E-state index contributed by atoms with van der Waals surface area (Å²) in [7, 11) is 1.77. The molecule has 1 aromatic carbocycles. The second-order valence-electron chi connectivity index (χ2n) is 6.47. The Morgan fingerprint density at radius 1 is 1.33 bits per heavy atom. The monoisotopic (exact) mass is 330 g/mol. The van der Waals surface area contributed by atoms with Gasteiger partial charge in [-0.1, -0.05) is 19.1 Å². The quantitative estimate of drug-likeness (QED) is 0.869. The van der Waals surface area contributed by atoms with Gasteiger partial charge >= 0.3 is 5.69 Å². The largest absolute Gasteiger partial charge is 0.338 e. The first-order chi connectivity index (χ1) is 11.6. The maximum absolute atomic E-state index is 12.7. The highest BCUT2D eigenvalue weighted by Gasteiger charge is 2.25. The minimum absolute atomic E-state index is 0.0615. The number of aromatic nitrogens is 2. The SMILES string of the molecule is CCCN(C(=O)CCn1c(=O)n(C)c2ccccc21)C1CCNC1. The average molecular weight is 330 g/mol. The van der Waals surface area contributed by atoms with Gasteiger partial charge < -0.3 is 10.2 Å². The van der Waals surface area contributed by atoms with Crippen molar-refractivity contribution in [3.8, 4) is 0 Å². The number of imidazole rings is 1. The van der Waals surface area contributed by atoms with Gasteiger partial charge in [-0.05, 0) is 31.5 Å². The Kier molecular flexibility index (Phi) is 5.04. The molecular weight excluding hydrogens is 304 g/mol. The molecule has 0 aliphatic carbocycles. The molecule has 1 saturated heterocycles. The van der Waals surface area contributed by atoms with E-state index in [9.17, 15) is 9.59 Å². The molecular formula is C18H26N4O2. The van der Waals surface area contributed by atoms with Crippen molar-refractivity contribution in [2.45, 2.75) is 38.8 Å². The Morgan fingerprint density at radius 2 is 2.08 bits per heavy atom. The highest BCUT2D eigenvalue weighted by Crippen LogP contribution is 2.14. The van der Waals surface area contributed by atoms with Crippen molar-refractivity contribution in [2.24, 2.45) is 7.05 Å². The van der Waals surface area contributed by atoms with Crippen molar-refractivity contribution in [3.05, 3.63) is 34.7 Å². The zero-order valence-electron chi connectivity index (χ0n) is 14.5. The van der Waals surface area contributed by atoms with Gasteiger partial charge in [0.05, 0.1) is 11.0 Å². The highest BCUT2D eigenvalue weighted by atomic mass is 16.2. The van der Waals surface area contributed by atoms with Crippen LogP contribution in [0.25, 0.3) is 11.0 Å². The van der Waals surface area contributed by atoms with Crippen LogP contribution in [0.15, 0.2) is 29.1 Å². The number of nitrogens with zero attached hydrogens (tertiary/aromatic N) is 3. The first-order valence-corrected chi connectivity index (χ1v) is 8.78. The summed E-state index contributed by atoms with van der Waals surface area (Å²) < 4.78 is 3.36. The van der Waals surface area contributed by atoms with Crippen LogP contribution in [-0.4, -0.2) is 45.6 Å². The van der Waals surface area contributed by atoms with Crippen molar-refractivity contribution >= 4 is 16.9 Å². The molecule has 1 N–H and O–H groups in total. The number of rotatable bonds is 6. The molecule has 6 heteroatoms. The number of hydrogen-bond acceptors (Lipinski definition) is 3. The van der Waals surface area contributed by atoms with Gasteiger partial charge in [0.25, 0.3) is 0 Å². The zero-order valence-corrected chi connectivity index (χ0v) is 14.5. The summed E-state index contributed by atoms with van der Waals surface area (Å²) in [5, 5.41) is 3.32. The lowest BCUT2D eigenvalue weighted by Crippen LogP contribution is -2.42. The maximum atomic E-state index is 12.7. The normalized spacial score (nSPS) is 17.5. The van der Waals surface area contributed by atoms with Crippen LogP contribution >= 0.6 is 0 Å². The first kappa shape index (κ1) is 16.8. The standard InChI is InChI=1S/C18H26N4O2/c1-3-11-21(14-8-10-19-13-14)17(23)9-12-22-16-7-5-4-6-15(16)20(2)18(22)24/h4-7,14,19H,3,8-13H2,1-2H3. The summed E-state index contributed by atoms with van der Waals surface area (Å²) in [6.07, 6.45) is 2.33. The van der Waals surface area contributed by atoms with Crippen LogP contribution in [0.5, 0.6) is 0 Å². The summed E-state index contributed by atoms with van der Waals surface area (Å²) in [4.78, 5) is 27.2. The summed E-state index contributed by atoms with van der Waals surface area (Å²) >= 11 is 0. The second kappa shape index (κ2) is 7.21. The first-order valence-electron chi connectivity index (χ1n) is 8.78. The van der Waals surface area contributed by atoms with E-state index in [1.54, 1.807) is 16.2 Å². The van der Waals surface area contributed by atoms with Crippen LogP contribution in [0.2, 0.25) is 0 Å². The van der Waals surface area contributed by atoms with E-state index < -0.39 is 0 Å². The van der Waals surface area contributed by atoms with Crippen molar-refractivity contribution < 1.29 is 4.79 Å². The molecule has 0 spiro atoms. The molecule has 1 aliphatic heterocycles. The molecule has 1 amide bonds. The van der Waals surface area contributed by atoms with Gasteiger partial charge in [0.1, 0.15) is 0 Å². The van der Waals surface area contributed by atoms with E-state index in [-0.39, 0.29) is 11.6 Å². The summed E-state index contributed by atoms with van der Waals surface area (Å²) in [6, 6.07) is 8.01. The highest BCUT2D eigenvalue weighted by molar-refractivity contribution is 5.78. The lowest BCUT2D eigenvalue weighted by Gasteiger charge is -2.28. The van der Waals surface area contributed by atoms with E-state index in [1.807, 2.05) is 29.2 Å². The molecule has 0 saturated carbocycles.